The van der Waals surface area contributed by atoms with Crippen molar-refractivity contribution in [2.75, 3.05) is 44.2 Å². The Balaban J connectivity index is 1.46. The van der Waals surface area contributed by atoms with E-state index in [0.29, 0.717) is 16.0 Å². The maximum absolute atomic E-state index is 13.8. The summed E-state index contributed by atoms with van der Waals surface area (Å²) >= 11 is 9.05. The molecule has 1 heterocycles. The van der Waals surface area contributed by atoms with Crippen LogP contribution in [0.2, 0.25) is 5.02 Å². The molecule has 0 amide bonds. The van der Waals surface area contributed by atoms with E-state index in [2.05, 4.69) is 25.7 Å². The van der Waals surface area contributed by atoms with E-state index in [-0.39, 0.29) is 6.61 Å². The molecule has 0 aliphatic carbocycles. The number of hydrogen-bond acceptors (Lipinski definition) is 4. The topological polar surface area (TPSA) is 35.9 Å². The van der Waals surface area contributed by atoms with Crippen LogP contribution in [-0.4, -0.2) is 55.4 Å². The smallest absolute Gasteiger partial charge is 0.190 e. The van der Waals surface area contributed by atoms with Crippen molar-refractivity contribution in [3.05, 3.63) is 57.5 Å². The van der Waals surface area contributed by atoms with Gasteiger partial charge in [0.1, 0.15) is 12.7 Å². The summed E-state index contributed by atoms with van der Waals surface area (Å²) in [6.45, 7) is 3.36. The molecule has 0 spiro atoms. The second-order valence-corrected chi connectivity index (χ2v) is 7.78. The first kappa shape index (κ1) is 20.3. The number of benzene rings is 2. The van der Waals surface area contributed by atoms with E-state index >= 15 is 0 Å². The lowest BCUT2D eigenvalue weighted by Gasteiger charge is -2.36. The molecule has 4 nitrogen and oxygen atoms in total. The molecule has 0 bridgehead atoms. The zero-order valence-electron chi connectivity index (χ0n) is 14.5. The van der Waals surface area contributed by atoms with Gasteiger partial charge >= 0.3 is 0 Å². The van der Waals surface area contributed by atoms with Crippen molar-refractivity contribution in [1.29, 1.82) is 0 Å². The number of aliphatic hydroxyl groups excluding tert-OH is 1. The van der Waals surface area contributed by atoms with Gasteiger partial charge in [-0.2, -0.15) is 0 Å². The molecule has 2 aromatic carbocycles. The number of β-amino-alcohol motifs (C(OH)–C–C–N with tert-alkyl or cyclic N) is 1. The van der Waals surface area contributed by atoms with Gasteiger partial charge in [-0.1, -0.05) is 33.6 Å². The lowest BCUT2D eigenvalue weighted by Crippen LogP contribution is -2.49. The third-order valence-corrected chi connectivity index (χ3v) is 5.09. The highest BCUT2D eigenvalue weighted by Gasteiger charge is 2.21. The number of anilines is 1. The van der Waals surface area contributed by atoms with Gasteiger partial charge in [0.15, 0.2) is 17.4 Å². The van der Waals surface area contributed by atoms with Crippen molar-refractivity contribution in [3.63, 3.8) is 0 Å². The summed E-state index contributed by atoms with van der Waals surface area (Å²) in [4.78, 5) is 4.33. The SMILES string of the molecule is O[C@H](COc1c(F)cc(Br)cc1F)CN1CCN(c2cccc(Cl)c2)CC1. The van der Waals surface area contributed by atoms with E-state index < -0.39 is 23.5 Å². The summed E-state index contributed by atoms with van der Waals surface area (Å²) in [7, 11) is 0. The van der Waals surface area contributed by atoms with E-state index in [1.165, 1.54) is 0 Å². The molecule has 1 saturated heterocycles. The fourth-order valence-electron chi connectivity index (χ4n) is 3.06. The van der Waals surface area contributed by atoms with Gasteiger partial charge in [-0.15, -0.1) is 0 Å². The quantitative estimate of drug-likeness (QED) is 0.707. The molecule has 3 rings (SSSR count). The van der Waals surface area contributed by atoms with Gasteiger partial charge in [0, 0.05) is 47.9 Å². The molecule has 0 radical (unpaired) electrons. The van der Waals surface area contributed by atoms with E-state index in [0.717, 1.165) is 44.0 Å². The fourth-order valence-corrected chi connectivity index (χ4v) is 3.65. The first-order valence-electron chi connectivity index (χ1n) is 8.60. The van der Waals surface area contributed by atoms with Crippen molar-refractivity contribution >= 4 is 33.2 Å². The second-order valence-electron chi connectivity index (χ2n) is 6.43. The van der Waals surface area contributed by atoms with Crippen molar-refractivity contribution in [3.8, 4) is 5.75 Å². The molecule has 1 aliphatic rings. The molecule has 8 heteroatoms. The predicted molar refractivity (Wildman–Crippen MR) is 106 cm³/mol. The number of nitrogens with zero attached hydrogens (tertiary/aromatic N) is 2. The van der Waals surface area contributed by atoms with Gasteiger partial charge in [-0.25, -0.2) is 8.78 Å². The Morgan fingerprint density at radius 1 is 1.11 bits per heavy atom. The Morgan fingerprint density at radius 3 is 2.41 bits per heavy atom. The Kier molecular flexibility index (Phi) is 6.92. The number of halogens is 4. The monoisotopic (exact) mass is 460 g/mol. The molecule has 0 aromatic heterocycles. The summed E-state index contributed by atoms with van der Waals surface area (Å²) in [6.07, 6.45) is -0.842. The Hall–Kier alpha value is -1.41. The third-order valence-electron chi connectivity index (χ3n) is 4.40. The maximum Gasteiger partial charge on any atom is 0.190 e. The van der Waals surface area contributed by atoms with Crippen molar-refractivity contribution < 1.29 is 18.6 Å². The molecule has 0 saturated carbocycles. The fraction of sp³-hybridized carbons (Fsp3) is 0.368. The van der Waals surface area contributed by atoms with Gasteiger partial charge in [-0.3, -0.25) is 4.90 Å². The van der Waals surface area contributed by atoms with Crippen LogP contribution in [0.3, 0.4) is 0 Å². The van der Waals surface area contributed by atoms with Crippen LogP contribution in [0.1, 0.15) is 0 Å². The van der Waals surface area contributed by atoms with E-state index in [1.807, 2.05) is 24.3 Å². The number of piperazine rings is 1. The minimum absolute atomic E-state index is 0.177. The van der Waals surface area contributed by atoms with Crippen LogP contribution in [0.15, 0.2) is 40.9 Å². The van der Waals surface area contributed by atoms with Gasteiger partial charge in [0.25, 0.3) is 0 Å². The number of ether oxygens (including phenoxy) is 1. The van der Waals surface area contributed by atoms with Gasteiger partial charge in [0.2, 0.25) is 0 Å². The normalized spacial score (nSPS) is 16.4. The molecular weight excluding hydrogens is 442 g/mol. The largest absolute Gasteiger partial charge is 0.485 e. The summed E-state index contributed by atoms with van der Waals surface area (Å²) in [6, 6.07) is 9.97. The van der Waals surface area contributed by atoms with E-state index in [4.69, 9.17) is 16.3 Å². The number of aliphatic hydroxyl groups is 1. The minimum atomic E-state index is -0.842. The van der Waals surface area contributed by atoms with Crippen LogP contribution in [0, 0.1) is 11.6 Å². The molecular formula is C19H20BrClF2N2O2. The summed E-state index contributed by atoms with van der Waals surface area (Å²) < 4.78 is 33.0. The van der Waals surface area contributed by atoms with Crippen molar-refractivity contribution in [1.82, 2.24) is 4.90 Å². The first-order chi connectivity index (χ1) is 12.9. The van der Waals surface area contributed by atoms with Gasteiger partial charge < -0.3 is 14.7 Å². The minimum Gasteiger partial charge on any atom is -0.485 e. The standard InChI is InChI=1S/C19H20BrClF2N2O2/c20-13-8-17(22)19(18(23)9-13)27-12-16(26)11-24-4-6-25(7-5-24)15-3-1-2-14(21)10-15/h1-3,8-10,16,26H,4-7,11-12H2/t16-/m0/s1. The maximum atomic E-state index is 13.8. The van der Waals surface area contributed by atoms with E-state index in [1.54, 1.807) is 0 Å². The van der Waals surface area contributed by atoms with E-state index in [9.17, 15) is 13.9 Å². The zero-order chi connectivity index (χ0) is 19.4. The average molecular weight is 462 g/mol. The van der Waals surface area contributed by atoms with Crippen LogP contribution in [0.4, 0.5) is 14.5 Å². The van der Waals surface area contributed by atoms with Crippen LogP contribution in [0.25, 0.3) is 0 Å². The Labute approximate surface area is 170 Å². The molecule has 1 N–H and O–H groups in total. The van der Waals surface area contributed by atoms with Crippen LogP contribution < -0.4 is 9.64 Å². The molecule has 1 fully saturated rings. The molecule has 0 unspecified atom stereocenters. The summed E-state index contributed by atoms with van der Waals surface area (Å²) in [5.74, 6) is -2.07. The van der Waals surface area contributed by atoms with Gasteiger partial charge in [0.05, 0.1) is 0 Å². The number of rotatable bonds is 6. The molecule has 146 valence electrons. The molecule has 27 heavy (non-hydrogen) atoms. The summed E-state index contributed by atoms with van der Waals surface area (Å²) in [5.41, 5.74) is 1.08. The van der Waals surface area contributed by atoms with Crippen LogP contribution in [0.5, 0.6) is 5.75 Å². The first-order valence-corrected chi connectivity index (χ1v) is 9.78. The van der Waals surface area contributed by atoms with Crippen LogP contribution in [-0.2, 0) is 0 Å². The molecule has 2 aromatic rings. The van der Waals surface area contributed by atoms with Gasteiger partial charge in [-0.05, 0) is 30.3 Å². The molecule has 1 atom stereocenters. The lowest BCUT2D eigenvalue weighted by atomic mass is 10.2. The third kappa shape index (κ3) is 5.54. The van der Waals surface area contributed by atoms with Crippen molar-refractivity contribution in [2.24, 2.45) is 0 Å². The van der Waals surface area contributed by atoms with Crippen molar-refractivity contribution in [2.45, 2.75) is 6.10 Å². The molecule has 1 aliphatic heterocycles. The zero-order valence-corrected chi connectivity index (χ0v) is 16.9. The lowest BCUT2D eigenvalue weighted by molar-refractivity contribution is 0.0634. The Bertz CT molecular complexity index is 765. The average Bonchev–Trinajstić information content (AvgIpc) is 2.61. The highest BCUT2D eigenvalue weighted by Crippen LogP contribution is 2.26. The van der Waals surface area contributed by atoms with Crippen LogP contribution >= 0.6 is 27.5 Å². The summed E-state index contributed by atoms with van der Waals surface area (Å²) in [5, 5.41) is 10.9. The number of hydrogen-bond donors (Lipinski definition) is 1. The second kappa shape index (κ2) is 9.19. The highest BCUT2D eigenvalue weighted by atomic mass is 79.9. The highest BCUT2D eigenvalue weighted by molar-refractivity contribution is 9.10. The Morgan fingerprint density at radius 2 is 1.78 bits per heavy atom. The predicted octanol–water partition coefficient (Wildman–Crippen LogP) is 3.94.